The molecule has 1 aromatic heterocycles. The molecule has 2 heterocycles. The summed E-state index contributed by atoms with van der Waals surface area (Å²) in [5, 5.41) is 9.12. The normalized spacial score (nSPS) is 13.2. The van der Waals surface area contributed by atoms with Crippen LogP contribution < -0.4 is 4.90 Å². The lowest BCUT2D eigenvalue weighted by Gasteiger charge is -2.13. The van der Waals surface area contributed by atoms with E-state index < -0.39 is 17.8 Å². The lowest BCUT2D eigenvalue weighted by atomic mass is 10.1. The number of carboxylic acid groups (broad SMARTS) is 1. The molecular formula is C22H12N2O5. The van der Waals surface area contributed by atoms with Crippen molar-refractivity contribution in [2.45, 2.75) is 0 Å². The first kappa shape index (κ1) is 16.9. The fourth-order valence-electron chi connectivity index (χ4n) is 3.36. The molecule has 29 heavy (non-hydrogen) atoms. The number of fused-ring (bicyclic) bond motifs is 2. The average Bonchev–Trinajstić information content (AvgIpc) is 3.27. The van der Waals surface area contributed by atoms with Crippen molar-refractivity contribution >= 4 is 34.6 Å². The number of anilines is 1. The lowest BCUT2D eigenvalue weighted by Crippen LogP contribution is -2.29. The molecule has 0 spiro atoms. The molecule has 0 saturated carbocycles. The van der Waals surface area contributed by atoms with Gasteiger partial charge in [-0.15, -0.1) is 0 Å². The predicted molar refractivity (Wildman–Crippen MR) is 104 cm³/mol. The number of carbonyl (C=O) groups is 3. The van der Waals surface area contributed by atoms with Crippen molar-refractivity contribution in [1.82, 2.24) is 4.98 Å². The Morgan fingerprint density at radius 3 is 2.34 bits per heavy atom. The number of nitrogens with zero attached hydrogens (tertiary/aromatic N) is 2. The zero-order valence-corrected chi connectivity index (χ0v) is 14.8. The van der Waals surface area contributed by atoms with Crippen LogP contribution in [-0.2, 0) is 0 Å². The number of aromatic nitrogens is 1. The highest BCUT2D eigenvalue weighted by molar-refractivity contribution is 6.34. The van der Waals surface area contributed by atoms with E-state index in [9.17, 15) is 14.4 Å². The van der Waals surface area contributed by atoms with Crippen molar-refractivity contribution in [3.05, 3.63) is 83.4 Å². The van der Waals surface area contributed by atoms with Crippen LogP contribution >= 0.6 is 0 Å². The smallest absolute Gasteiger partial charge is 0.335 e. The first-order valence-electron chi connectivity index (χ1n) is 8.75. The second-order valence-corrected chi connectivity index (χ2v) is 6.54. The van der Waals surface area contributed by atoms with Crippen LogP contribution in [0.25, 0.3) is 22.6 Å². The van der Waals surface area contributed by atoms with Crippen molar-refractivity contribution in [3.8, 4) is 11.5 Å². The fraction of sp³-hybridized carbons (Fsp3) is 0. The number of para-hydroxylation sites is 2. The molecule has 7 nitrogen and oxygen atoms in total. The number of amides is 2. The highest BCUT2D eigenvalue weighted by Crippen LogP contribution is 2.31. The molecule has 4 aromatic rings. The first-order valence-corrected chi connectivity index (χ1v) is 8.75. The van der Waals surface area contributed by atoms with Gasteiger partial charge in [-0.3, -0.25) is 9.59 Å². The van der Waals surface area contributed by atoms with E-state index in [1.807, 2.05) is 24.3 Å². The number of aromatic carboxylic acids is 1. The van der Waals surface area contributed by atoms with E-state index in [0.29, 0.717) is 22.7 Å². The third-order valence-electron chi connectivity index (χ3n) is 4.80. The number of carbonyl (C=O) groups excluding carboxylic acids is 2. The number of benzene rings is 3. The second-order valence-electron chi connectivity index (χ2n) is 6.54. The Bertz CT molecular complexity index is 1290. The number of carboxylic acids is 1. The Balaban J connectivity index is 1.49. The van der Waals surface area contributed by atoms with Crippen molar-refractivity contribution in [2.75, 3.05) is 4.90 Å². The third kappa shape index (κ3) is 2.60. The summed E-state index contributed by atoms with van der Waals surface area (Å²) in [4.78, 5) is 42.0. The Hall–Kier alpha value is -4.26. The molecule has 140 valence electrons. The Morgan fingerprint density at radius 1 is 0.897 bits per heavy atom. The van der Waals surface area contributed by atoms with Crippen LogP contribution in [0, 0.1) is 0 Å². The van der Waals surface area contributed by atoms with Gasteiger partial charge in [0.25, 0.3) is 11.8 Å². The summed E-state index contributed by atoms with van der Waals surface area (Å²) in [6, 6.07) is 18.0. The number of imide groups is 1. The van der Waals surface area contributed by atoms with Crippen LogP contribution in [0.15, 0.2) is 71.1 Å². The average molecular weight is 384 g/mol. The Labute approximate surface area is 163 Å². The van der Waals surface area contributed by atoms with E-state index in [-0.39, 0.29) is 16.7 Å². The van der Waals surface area contributed by atoms with Gasteiger partial charge in [0.1, 0.15) is 5.52 Å². The van der Waals surface area contributed by atoms with Gasteiger partial charge in [-0.2, -0.15) is 0 Å². The van der Waals surface area contributed by atoms with Gasteiger partial charge in [-0.1, -0.05) is 12.1 Å². The van der Waals surface area contributed by atoms with Gasteiger partial charge in [0.2, 0.25) is 5.89 Å². The molecule has 0 unspecified atom stereocenters. The fourth-order valence-corrected chi connectivity index (χ4v) is 3.36. The molecule has 1 aliphatic heterocycles. The number of oxazole rings is 1. The molecule has 1 aliphatic rings. The van der Waals surface area contributed by atoms with E-state index in [1.165, 1.54) is 18.2 Å². The molecule has 0 saturated heterocycles. The van der Waals surface area contributed by atoms with E-state index in [1.54, 1.807) is 24.3 Å². The zero-order chi connectivity index (χ0) is 20.1. The maximum Gasteiger partial charge on any atom is 0.335 e. The van der Waals surface area contributed by atoms with Crippen LogP contribution in [-0.4, -0.2) is 27.9 Å². The van der Waals surface area contributed by atoms with E-state index >= 15 is 0 Å². The molecule has 7 heteroatoms. The summed E-state index contributed by atoms with van der Waals surface area (Å²) in [6.45, 7) is 0. The quantitative estimate of drug-likeness (QED) is 0.536. The summed E-state index contributed by atoms with van der Waals surface area (Å²) in [6.07, 6.45) is 0. The molecule has 3 aromatic carbocycles. The van der Waals surface area contributed by atoms with E-state index in [0.717, 1.165) is 10.4 Å². The molecule has 0 aliphatic carbocycles. The second kappa shape index (κ2) is 6.13. The number of hydrogen-bond donors (Lipinski definition) is 1. The summed E-state index contributed by atoms with van der Waals surface area (Å²) < 4.78 is 5.73. The van der Waals surface area contributed by atoms with Crippen LogP contribution in [0.3, 0.4) is 0 Å². The summed E-state index contributed by atoms with van der Waals surface area (Å²) in [5.74, 6) is -1.76. The number of rotatable bonds is 3. The molecule has 0 fully saturated rings. The molecule has 5 rings (SSSR count). The first-order chi connectivity index (χ1) is 14.0. The van der Waals surface area contributed by atoms with Gasteiger partial charge in [-0.05, 0) is 54.6 Å². The highest BCUT2D eigenvalue weighted by atomic mass is 16.4. The Kier molecular flexibility index (Phi) is 3.57. The van der Waals surface area contributed by atoms with Gasteiger partial charge < -0.3 is 9.52 Å². The van der Waals surface area contributed by atoms with Gasteiger partial charge in [0.15, 0.2) is 5.58 Å². The Morgan fingerprint density at radius 2 is 1.62 bits per heavy atom. The lowest BCUT2D eigenvalue weighted by molar-refractivity contribution is 0.0696. The van der Waals surface area contributed by atoms with Crippen molar-refractivity contribution in [3.63, 3.8) is 0 Å². The zero-order valence-electron chi connectivity index (χ0n) is 14.8. The van der Waals surface area contributed by atoms with Crippen molar-refractivity contribution in [1.29, 1.82) is 0 Å². The van der Waals surface area contributed by atoms with Gasteiger partial charge in [0, 0.05) is 5.56 Å². The number of hydrogen-bond acceptors (Lipinski definition) is 5. The van der Waals surface area contributed by atoms with Gasteiger partial charge >= 0.3 is 5.97 Å². The SMILES string of the molecule is O=C(O)c1ccc2c(c1)C(=O)N(c1ccc(-c3nc4ccccc4o3)cc1)C2=O. The van der Waals surface area contributed by atoms with Crippen molar-refractivity contribution < 1.29 is 23.9 Å². The predicted octanol–water partition coefficient (Wildman–Crippen LogP) is 3.99. The van der Waals surface area contributed by atoms with E-state index in [4.69, 9.17) is 9.52 Å². The maximum atomic E-state index is 12.7. The third-order valence-corrected chi connectivity index (χ3v) is 4.80. The molecule has 2 amide bonds. The van der Waals surface area contributed by atoms with Crippen LogP contribution in [0.4, 0.5) is 5.69 Å². The van der Waals surface area contributed by atoms with Crippen molar-refractivity contribution in [2.24, 2.45) is 0 Å². The topological polar surface area (TPSA) is 101 Å². The molecule has 0 atom stereocenters. The highest BCUT2D eigenvalue weighted by Gasteiger charge is 2.37. The summed E-state index contributed by atoms with van der Waals surface area (Å²) in [5.41, 5.74) is 2.71. The van der Waals surface area contributed by atoms with E-state index in [2.05, 4.69) is 4.98 Å². The van der Waals surface area contributed by atoms with Crippen LogP contribution in [0.2, 0.25) is 0 Å². The minimum Gasteiger partial charge on any atom is -0.478 e. The van der Waals surface area contributed by atoms with Gasteiger partial charge in [-0.25, -0.2) is 14.7 Å². The summed E-state index contributed by atoms with van der Waals surface area (Å²) >= 11 is 0. The van der Waals surface area contributed by atoms with Crippen LogP contribution in [0.5, 0.6) is 0 Å². The monoisotopic (exact) mass is 384 g/mol. The summed E-state index contributed by atoms with van der Waals surface area (Å²) in [7, 11) is 0. The van der Waals surface area contributed by atoms with Crippen LogP contribution in [0.1, 0.15) is 31.1 Å². The van der Waals surface area contributed by atoms with Gasteiger partial charge in [0.05, 0.1) is 22.4 Å². The molecule has 0 bridgehead atoms. The minimum absolute atomic E-state index is 0.0435. The minimum atomic E-state index is -1.16. The standard InChI is InChI=1S/C22H12N2O5/c25-20-15-10-7-13(22(27)28)11-16(15)21(26)24(20)14-8-5-12(6-9-14)19-23-17-3-1-2-4-18(17)29-19/h1-11H,(H,27,28). The largest absolute Gasteiger partial charge is 0.478 e. The molecule has 1 N–H and O–H groups in total. The molecular weight excluding hydrogens is 372 g/mol. The maximum absolute atomic E-state index is 12.7. The molecule has 0 radical (unpaired) electrons.